The molecule has 2 rings (SSSR count). The van der Waals surface area contributed by atoms with Gasteiger partial charge in [0.2, 0.25) is 0 Å². The molecule has 1 saturated heterocycles. The number of imide groups is 1. The van der Waals surface area contributed by atoms with Crippen molar-refractivity contribution in [1.29, 1.82) is 0 Å². The maximum absolute atomic E-state index is 12.2. The van der Waals surface area contributed by atoms with Crippen LogP contribution in [0.2, 0.25) is 0 Å². The number of amides is 2. The summed E-state index contributed by atoms with van der Waals surface area (Å²) >= 11 is 0.771. The molecule has 8 heteroatoms. The van der Waals surface area contributed by atoms with Crippen LogP contribution in [-0.2, 0) is 14.3 Å². The van der Waals surface area contributed by atoms with Crippen LogP contribution in [0.15, 0.2) is 23.1 Å². The minimum atomic E-state index is -0.653. The van der Waals surface area contributed by atoms with Crippen LogP contribution in [0.3, 0.4) is 0 Å². The van der Waals surface area contributed by atoms with Crippen molar-refractivity contribution in [2.24, 2.45) is 0 Å². The van der Waals surface area contributed by atoms with E-state index in [1.807, 2.05) is 0 Å². The fraction of sp³-hybridized carbons (Fsp3) is 0.267. The van der Waals surface area contributed by atoms with Crippen LogP contribution in [0.1, 0.15) is 5.56 Å². The van der Waals surface area contributed by atoms with Crippen molar-refractivity contribution in [3.63, 3.8) is 0 Å². The van der Waals surface area contributed by atoms with Gasteiger partial charge in [-0.2, -0.15) is 0 Å². The van der Waals surface area contributed by atoms with Gasteiger partial charge in [-0.05, 0) is 35.5 Å². The number of methoxy groups -OCH3 is 3. The molecule has 0 spiro atoms. The molecule has 7 nitrogen and oxygen atoms in total. The van der Waals surface area contributed by atoms with Crippen LogP contribution in [0.4, 0.5) is 4.79 Å². The topological polar surface area (TPSA) is 82.1 Å². The quantitative estimate of drug-likeness (QED) is 0.599. The number of esters is 1. The van der Waals surface area contributed by atoms with Crippen LogP contribution in [-0.4, -0.2) is 49.9 Å². The van der Waals surface area contributed by atoms with E-state index in [9.17, 15) is 14.4 Å². The molecule has 1 aromatic carbocycles. The summed E-state index contributed by atoms with van der Waals surface area (Å²) in [5.74, 6) is -0.113. The Morgan fingerprint density at radius 2 is 1.87 bits per heavy atom. The number of ether oxygens (including phenoxy) is 3. The Morgan fingerprint density at radius 1 is 1.17 bits per heavy atom. The number of benzene rings is 1. The van der Waals surface area contributed by atoms with Crippen molar-refractivity contribution in [2.45, 2.75) is 0 Å². The number of rotatable bonds is 5. The molecule has 0 saturated carbocycles. The van der Waals surface area contributed by atoms with Gasteiger partial charge in [-0.15, -0.1) is 0 Å². The summed E-state index contributed by atoms with van der Waals surface area (Å²) in [6.07, 6.45) is 1.56. The minimum absolute atomic E-state index is 0.228. The van der Waals surface area contributed by atoms with Crippen LogP contribution < -0.4 is 9.47 Å². The Kier molecular flexibility index (Phi) is 5.28. The molecule has 0 atom stereocenters. The zero-order valence-corrected chi connectivity index (χ0v) is 13.6. The van der Waals surface area contributed by atoms with E-state index in [0.29, 0.717) is 17.1 Å². The fourth-order valence-corrected chi connectivity index (χ4v) is 2.76. The zero-order chi connectivity index (χ0) is 17.0. The fourth-order valence-electron chi connectivity index (χ4n) is 1.92. The van der Waals surface area contributed by atoms with E-state index in [2.05, 4.69) is 4.74 Å². The van der Waals surface area contributed by atoms with Gasteiger partial charge in [-0.3, -0.25) is 19.3 Å². The highest BCUT2D eigenvalue weighted by Crippen LogP contribution is 2.34. The monoisotopic (exact) mass is 337 g/mol. The molecule has 0 bridgehead atoms. The first-order chi connectivity index (χ1) is 11.0. The molecule has 2 amide bonds. The summed E-state index contributed by atoms with van der Waals surface area (Å²) in [7, 11) is 4.22. The smallest absolute Gasteiger partial charge is 0.325 e. The Bertz CT molecular complexity index is 685. The molecule has 1 heterocycles. The second-order valence-corrected chi connectivity index (χ2v) is 5.45. The number of carbonyl (C=O) groups excluding carboxylic acids is 3. The molecule has 0 N–H and O–H groups in total. The molecule has 0 aliphatic carbocycles. The lowest BCUT2D eigenvalue weighted by Gasteiger charge is -2.10. The lowest BCUT2D eigenvalue weighted by molar-refractivity contribution is -0.143. The van der Waals surface area contributed by atoms with Gasteiger partial charge in [0, 0.05) is 0 Å². The molecule has 1 fully saturated rings. The van der Waals surface area contributed by atoms with Crippen molar-refractivity contribution >= 4 is 35.0 Å². The van der Waals surface area contributed by atoms with E-state index < -0.39 is 23.7 Å². The van der Waals surface area contributed by atoms with E-state index in [1.54, 1.807) is 24.3 Å². The van der Waals surface area contributed by atoms with Gasteiger partial charge in [0.15, 0.2) is 11.5 Å². The van der Waals surface area contributed by atoms with E-state index >= 15 is 0 Å². The highest BCUT2D eigenvalue weighted by atomic mass is 32.2. The molecule has 1 aliphatic heterocycles. The van der Waals surface area contributed by atoms with Gasteiger partial charge in [0.25, 0.3) is 11.1 Å². The molecule has 23 heavy (non-hydrogen) atoms. The maximum Gasteiger partial charge on any atom is 0.325 e. The summed E-state index contributed by atoms with van der Waals surface area (Å²) in [6.45, 7) is -0.398. The van der Waals surface area contributed by atoms with Crippen LogP contribution in [0, 0.1) is 0 Å². The summed E-state index contributed by atoms with van der Waals surface area (Å²) < 4.78 is 14.8. The highest BCUT2D eigenvalue weighted by Gasteiger charge is 2.36. The van der Waals surface area contributed by atoms with Gasteiger partial charge in [-0.1, -0.05) is 6.07 Å². The first kappa shape index (κ1) is 16.9. The predicted octanol–water partition coefficient (Wildman–Crippen LogP) is 1.91. The lowest BCUT2D eigenvalue weighted by Crippen LogP contribution is -2.34. The van der Waals surface area contributed by atoms with Crippen LogP contribution >= 0.6 is 11.8 Å². The third kappa shape index (κ3) is 3.65. The Morgan fingerprint density at radius 3 is 2.48 bits per heavy atom. The Balaban J connectivity index is 2.25. The lowest BCUT2D eigenvalue weighted by atomic mass is 10.2. The molecular formula is C15H15NO6S. The average molecular weight is 337 g/mol. The normalized spacial score (nSPS) is 16.0. The van der Waals surface area contributed by atoms with Crippen molar-refractivity contribution < 1.29 is 28.6 Å². The van der Waals surface area contributed by atoms with Gasteiger partial charge in [0.05, 0.1) is 26.2 Å². The van der Waals surface area contributed by atoms with Gasteiger partial charge < -0.3 is 14.2 Å². The number of carbonyl (C=O) groups is 3. The van der Waals surface area contributed by atoms with E-state index in [-0.39, 0.29) is 4.91 Å². The predicted molar refractivity (Wildman–Crippen MR) is 84.2 cm³/mol. The third-order valence-electron chi connectivity index (χ3n) is 3.09. The van der Waals surface area contributed by atoms with Gasteiger partial charge in [0.1, 0.15) is 6.54 Å². The van der Waals surface area contributed by atoms with E-state index in [1.165, 1.54) is 21.3 Å². The molecule has 122 valence electrons. The number of hydrogen-bond donors (Lipinski definition) is 0. The largest absolute Gasteiger partial charge is 0.493 e. The Hall–Kier alpha value is -2.48. The number of nitrogens with zero attached hydrogens (tertiary/aromatic N) is 1. The molecular weight excluding hydrogens is 322 g/mol. The second kappa shape index (κ2) is 7.19. The zero-order valence-electron chi connectivity index (χ0n) is 12.8. The van der Waals surface area contributed by atoms with Crippen molar-refractivity contribution in [3.05, 3.63) is 28.7 Å². The van der Waals surface area contributed by atoms with Gasteiger partial charge in [-0.25, -0.2) is 0 Å². The van der Waals surface area contributed by atoms with E-state index in [4.69, 9.17) is 9.47 Å². The number of hydrogen-bond acceptors (Lipinski definition) is 7. The van der Waals surface area contributed by atoms with Gasteiger partial charge >= 0.3 is 5.97 Å². The van der Waals surface area contributed by atoms with E-state index in [0.717, 1.165) is 16.7 Å². The maximum atomic E-state index is 12.2. The molecule has 0 unspecified atom stereocenters. The first-order valence-electron chi connectivity index (χ1n) is 6.54. The summed E-state index contributed by atoms with van der Waals surface area (Å²) in [4.78, 5) is 36.4. The van der Waals surface area contributed by atoms with Crippen molar-refractivity contribution in [2.75, 3.05) is 27.9 Å². The standard InChI is InChI=1S/C15H15NO6S/c1-20-10-5-4-9(6-11(10)21-2)7-12-14(18)16(15(19)23-12)8-13(17)22-3/h4-7H,8H2,1-3H3/b12-7+. The third-order valence-corrected chi connectivity index (χ3v) is 4.00. The average Bonchev–Trinajstić information content (AvgIpc) is 2.82. The molecule has 0 aromatic heterocycles. The van der Waals surface area contributed by atoms with Crippen molar-refractivity contribution in [3.8, 4) is 11.5 Å². The van der Waals surface area contributed by atoms with Crippen molar-refractivity contribution in [1.82, 2.24) is 4.90 Å². The summed E-state index contributed by atoms with van der Waals surface area (Å²) in [5, 5.41) is -0.507. The molecule has 0 radical (unpaired) electrons. The highest BCUT2D eigenvalue weighted by molar-refractivity contribution is 8.18. The molecule has 1 aromatic rings. The van der Waals surface area contributed by atoms with Crippen LogP contribution in [0.25, 0.3) is 6.08 Å². The SMILES string of the molecule is COC(=O)CN1C(=O)S/C(=C/c2ccc(OC)c(OC)c2)C1=O. The first-order valence-corrected chi connectivity index (χ1v) is 7.36. The van der Waals surface area contributed by atoms with Crippen LogP contribution in [0.5, 0.6) is 11.5 Å². The number of thioether (sulfide) groups is 1. The molecule has 1 aliphatic rings. The Labute approximate surface area is 137 Å². The second-order valence-electron chi connectivity index (χ2n) is 4.46. The summed E-state index contributed by atoms with van der Waals surface area (Å²) in [6, 6.07) is 5.12. The minimum Gasteiger partial charge on any atom is -0.493 e. The summed E-state index contributed by atoms with van der Waals surface area (Å²) in [5.41, 5.74) is 0.672.